The standard InChI is InChI=1S/C23H37NO3/c1-8-27-21(26)16-10-9-11-24(14-16)15-17-12-18(22(2,3)4)13-19(20(17)25)23(5,6)7/h12-13,16,25H,8-11,14-15H2,1-7H3/t16-/m0/s1. The van der Waals surface area contributed by atoms with Gasteiger partial charge in [-0.25, -0.2) is 0 Å². The number of hydrogen-bond donors (Lipinski definition) is 1. The highest BCUT2D eigenvalue weighted by molar-refractivity contribution is 5.72. The Bertz CT molecular complexity index is 667. The van der Waals surface area contributed by atoms with Crippen molar-refractivity contribution in [1.29, 1.82) is 0 Å². The largest absolute Gasteiger partial charge is 0.507 e. The highest BCUT2D eigenvalue weighted by Crippen LogP contribution is 2.38. The van der Waals surface area contributed by atoms with Crippen molar-refractivity contribution in [3.8, 4) is 5.75 Å². The van der Waals surface area contributed by atoms with Crippen LogP contribution in [0, 0.1) is 5.92 Å². The van der Waals surface area contributed by atoms with Crippen LogP contribution >= 0.6 is 0 Å². The van der Waals surface area contributed by atoms with Gasteiger partial charge in [0.25, 0.3) is 0 Å². The summed E-state index contributed by atoms with van der Waals surface area (Å²) in [5, 5.41) is 11.0. The lowest BCUT2D eigenvalue weighted by Gasteiger charge is -2.33. The maximum absolute atomic E-state index is 12.1. The lowest BCUT2D eigenvalue weighted by atomic mass is 9.79. The normalized spacial score (nSPS) is 19.1. The summed E-state index contributed by atoms with van der Waals surface area (Å²) >= 11 is 0. The first-order chi connectivity index (χ1) is 12.4. The second-order valence-electron chi connectivity index (χ2n) is 9.86. The minimum absolute atomic E-state index is 0.0117. The molecule has 4 nitrogen and oxygen atoms in total. The third-order valence-electron chi connectivity index (χ3n) is 5.38. The van der Waals surface area contributed by atoms with E-state index in [-0.39, 0.29) is 22.7 Å². The summed E-state index contributed by atoms with van der Waals surface area (Å²) in [7, 11) is 0. The average molecular weight is 376 g/mol. The number of benzene rings is 1. The second kappa shape index (κ2) is 8.22. The van der Waals surface area contributed by atoms with E-state index in [1.807, 2.05) is 6.92 Å². The van der Waals surface area contributed by atoms with Crippen LogP contribution in [0.3, 0.4) is 0 Å². The summed E-state index contributed by atoms with van der Waals surface area (Å²) < 4.78 is 5.22. The van der Waals surface area contributed by atoms with Crippen LogP contribution in [0.25, 0.3) is 0 Å². The summed E-state index contributed by atoms with van der Waals surface area (Å²) in [5.41, 5.74) is 3.06. The van der Waals surface area contributed by atoms with E-state index in [2.05, 4.69) is 58.6 Å². The van der Waals surface area contributed by atoms with Crippen LogP contribution in [0.15, 0.2) is 12.1 Å². The van der Waals surface area contributed by atoms with Gasteiger partial charge in [0, 0.05) is 18.7 Å². The van der Waals surface area contributed by atoms with Crippen molar-refractivity contribution in [1.82, 2.24) is 4.90 Å². The number of likely N-dealkylation sites (tertiary alicyclic amines) is 1. The topological polar surface area (TPSA) is 49.8 Å². The molecule has 152 valence electrons. The molecule has 0 bridgehead atoms. The number of rotatable bonds is 4. The molecule has 1 aliphatic rings. The molecule has 4 heteroatoms. The Hall–Kier alpha value is -1.55. The molecule has 1 saturated heterocycles. The van der Waals surface area contributed by atoms with Crippen molar-refractivity contribution in [2.24, 2.45) is 5.92 Å². The Morgan fingerprint density at radius 3 is 2.41 bits per heavy atom. The van der Waals surface area contributed by atoms with Crippen LogP contribution in [0.5, 0.6) is 5.75 Å². The van der Waals surface area contributed by atoms with Gasteiger partial charge in [-0.3, -0.25) is 9.69 Å². The molecule has 1 aromatic carbocycles. The number of nitrogens with zero attached hydrogens (tertiary/aromatic N) is 1. The monoisotopic (exact) mass is 375 g/mol. The van der Waals surface area contributed by atoms with E-state index in [0.717, 1.165) is 30.5 Å². The Morgan fingerprint density at radius 1 is 1.19 bits per heavy atom. The molecule has 0 radical (unpaired) electrons. The fraction of sp³-hybridized carbons (Fsp3) is 0.696. The van der Waals surface area contributed by atoms with Gasteiger partial charge in [0.1, 0.15) is 5.75 Å². The number of hydrogen-bond acceptors (Lipinski definition) is 4. The van der Waals surface area contributed by atoms with Crippen LogP contribution in [0.2, 0.25) is 0 Å². The van der Waals surface area contributed by atoms with Gasteiger partial charge < -0.3 is 9.84 Å². The molecule has 0 amide bonds. The third kappa shape index (κ3) is 5.47. The zero-order chi connectivity index (χ0) is 20.4. The number of phenols is 1. The quantitative estimate of drug-likeness (QED) is 0.771. The van der Waals surface area contributed by atoms with Crippen molar-refractivity contribution in [2.75, 3.05) is 19.7 Å². The van der Waals surface area contributed by atoms with Crippen molar-refractivity contribution < 1.29 is 14.6 Å². The maximum atomic E-state index is 12.1. The van der Waals surface area contributed by atoms with E-state index < -0.39 is 0 Å². The fourth-order valence-electron chi connectivity index (χ4n) is 3.71. The summed E-state index contributed by atoms with van der Waals surface area (Å²) in [5.74, 6) is 0.243. The van der Waals surface area contributed by atoms with Gasteiger partial charge in [0.2, 0.25) is 0 Å². The Morgan fingerprint density at radius 2 is 1.85 bits per heavy atom. The number of carbonyl (C=O) groups excluding carboxylic acids is 1. The zero-order valence-corrected chi connectivity index (χ0v) is 18.2. The van der Waals surface area contributed by atoms with Gasteiger partial charge in [0.15, 0.2) is 0 Å². The molecule has 1 N–H and O–H groups in total. The number of aromatic hydroxyl groups is 1. The van der Waals surface area contributed by atoms with E-state index in [1.165, 1.54) is 5.56 Å². The molecule has 1 fully saturated rings. The summed E-state index contributed by atoms with van der Waals surface area (Å²) in [6.45, 7) is 17.6. The fourth-order valence-corrected chi connectivity index (χ4v) is 3.71. The van der Waals surface area contributed by atoms with Gasteiger partial charge in [-0.15, -0.1) is 0 Å². The van der Waals surface area contributed by atoms with Gasteiger partial charge in [-0.1, -0.05) is 53.7 Å². The highest BCUT2D eigenvalue weighted by atomic mass is 16.5. The molecule has 0 spiro atoms. The van der Waals surface area contributed by atoms with Gasteiger partial charge in [-0.2, -0.15) is 0 Å². The number of piperidine rings is 1. The van der Waals surface area contributed by atoms with E-state index in [9.17, 15) is 9.90 Å². The molecule has 27 heavy (non-hydrogen) atoms. The van der Waals surface area contributed by atoms with Crippen LogP contribution < -0.4 is 0 Å². The molecule has 0 aromatic heterocycles. The molecule has 1 atom stereocenters. The van der Waals surface area contributed by atoms with E-state index >= 15 is 0 Å². The molecule has 0 saturated carbocycles. The molecule has 1 aromatic rings. The molecular formula is C23H37NO3. The predicted molar refractivity (Wildman–Crippen MR) is 110 cm³/mol. The van der Waals surface area contributed by atoms with E-state index in [4.69, 9.17) is 4.74 Å². The molecule has 1 heterocycles. The number of phenolic OH excluding ortho intramolecular Hbond substituents is 1. The molecular weight excluding hydrogens is 338 g/mol. The van der Waals surface area contributed by atoms with Crippen molar-refractivity contribution >= 4 is 5.97 Å². The van der Waals surface area contributed by atoms with Crippen molar-refractivity contribution in [3.05, 3.63) is 28.8 Å². The highest BCUT2D eigenvalue weighted by Gasteiger charge is 2.29. The lowest BCUT2D eigenvalue weighted by Crippen LogP contribution is -2.39. The first-order valence-electron chi connectivity index (χ1n) is 10.2. The lowest BCUT2D eigenvalue weighted by molar-refractivity contribution is -0.150. The molecule has 0 aliphatic carbocycles. The van der Waals surface area contributed by atoms with Gasteiger partial charge in [-0.05, 0) is 48.3 Å². The maximum Gasteiger partial charge on any atom is 0.310 e. The smallest absolute Gasteiger partial charge is 0.310 e. The van der Waals surface area contributed by atoms with Gasteiger partial charge >= 0.3 is 5.97 Å². The molecule has 2 rings (SSSR count). The SMILES string of the molecule is CCOC(=O)[C@H]1CCCN(Cc2cc(C(C)(C)C)cc(C(C)(C)C)c2O)C1. The number of esters is 1. The third-order valence-corrected chi connectivity index (χ3v) is 5.38. The summed E-state index contributed by atoms with van der Waals surface area (Å²) in [6, 6.07) is 4.29. The molecule has 1 aliphatic heterocycles. The minimum atomic E-state index is -0.130. The van der Waals surface area contributed by atoms with Crippen LogP contribution in [-0.4, -0.2) is 35.7 Å². The summed E-state index contributed by atoms with van der Waals surface area (Å²) in [6.07, 6.45) is 1.87. The first kappa shape index (κ1) is 21.7. The Balaban J connectivity index is 2.30. The van der Waals surface area contributed by atoms with Crippen LogP contribution in [0.4, 0.5) is 0 Å². The van der Waals surface area contributed by atoms with Gasteiger partial charge in [0.05, 0.1) is 12.5 Å². The first-order valence-corrected chi connectivity index (χ1v) is 10.2. The summed E-state index contributed by atoms with van der Waals surface area (Å²) in [4.78, 5) is 14.4. The van der Waals surface area contributed by atoms with E-state index in [1.54, 1.807) is 0 Å². The second-order valence-corrected chi connectivity index (χ2v) is 9.86. The van der Waals surface area contributed by atoms with Crippen LogP contribution in [-0.2, 0) is 26.9 Å². The van der Waals surface area contributed by atoms with E-state index in [0.29, 0.717) is 25.4 Å². The van der Waals surface area contributed by atoms with Crippen LogP contribution in [0.1, 0.15) is 78.0 Å². The zero-order valence-electron chi connectivity index (χ0n) is 18.2. The predicted octanol–water partition coefficient (Wildman–Crippen LogP) is 4.76. The average Bonchev–Trinajstić information content (AvgIpc) is 2.55. The number of ether oxygens (including phenoxy) is 1. The van der Waals surface area contributed by atoms with Crippen molar-refractivity contribution in [3.63, 3.8) is 0 Å². The van der Waals surface area contributed by atoms with Crippen molar-refractivity contribution in [2.45, 2.75) is 78.7 Å². The Labute approximate surface area is 164 Å². The minimum Gasteiger partial charge on any atom is -0.507 e. The molecule has 0 unspecified atom stereocenters. The Kier molecular flexibility index (Phi) is 6.62. The number of carbonyl (C=O) groups is 1.